The van der Waals surface area contributed by atoms with Crippen molar-refractivity contribution in [1.82, 2.24) is 4.98 Å². The Bertz CT molecular complexity index is 514. The third-order valence-electron chi connectivity index (χ3n) is 2.68. The summed E-state index contributed by atoms with van der Waals surface area (Å²) < 4.78 is 5.30. The van der Waals surface area contributed by atoms with Crippen LogP contribution < -0.4 is 15.8 Å². The second-order valence-corrected chi connectivity index (χ2v) is 3.96. The van der Waals surface area contributed by atoms with E-state index >= 15 is 0 Å². The molecular formula is C14H17N3O. The van der Waals surface area contributed by atoms with Crippen LogP contribution in [0.5, 0.6) is 5.75 Å². The van der Waals surface area contributed by atoms with Crippen LogP contribution in [0.3, 0.4) is 0 Å². The lowest BCUT2D eigenvalue weighted by Crippen LogP contribution is -2.07. The van der Waals surface area contributed by atoms with Crippen LogP contribution in [-0.2, 0) is 6.42 Å². The summed E-state index contributed by atoms with van der Waals surface area (Å²) in [6.45, 7) is 0.789. The van der Waals surface area contributed by atoms with E-state index in [0.29, 0.717) is 5.69 Å². The molecule has 0 bridgehead atoms. The van der Waals surface area contributed by atoms with E-state index in [9.17, 15) is 0 Å². The van der Waals surface area contributed by atoms with Crippen molar-refractivity contribution in [3.05, 3.63) is 48.2 Å². The number of ether oxygens (including phenoxy) is 1. The number of hydrogen-bond acceptors (Lipinski definition) is 4. The van der Waals surface area contributed by atoms with Crippen LogP contribution in [0.1, 0.15) is 5.56 Å². The van der Waals surface area contributed by atoms with Crippen molar-refractivity contribution in [2.24, 2.45) is 0 Å². The van der Waals surface area contributed by atoms with Gasteiger partial charge in [0, 0.05) is 24.5 Å². The van der Waals surface area contributed by atoms with Gasteiger partial charge in [-0.15, -0.1) is 0 Å². The molecule has 2 aromatic rings. The van der Waals surface area contributed by atoms with E-state index in [4.69, 9.17) is 10.5 Å². The molecule has 0 radical (unpaired) electrons. The molecule has 1 aromatic heterocycles. The quantitative estimate of drug-likeness (QED) is 0.846. The lowest BCUT2D eigenvalue weighted by Gasteiger charge is -2.09. The van der Waals surface area contributed by atoms with Gasteiger partial charge in [0.1, 0.15) is 11.6 Å². The molecule has 0 amide bonds. The summed E-state index contributed by atoms with van der Waals surface area (Å²) in [7, 11) is 1.69. The number of pyridine rings is 1. The number of nitrogens with one attached hydrogen (secondary N) is 1. The molecule has 4 nitrogen and oxygen atoms in total. The number of aromatic nitrogens is 1. The number of para-hydroxylation sites is 1. The van der Waals surface area contributed by atoms with Crippen molar-refractivity contribution in [2.45, 2.75) is 6.42 Å². The standard InChI is InChI=1S/C14H17N3O/c1-18-13-5-3-2-4-11(13)6-8-16-14-10-12(15)7-9-17-14/h2-5,7,9-10H,6,8H2,1H3,(H3,15,16,17). The van der Waals surface area contributed by atoms with Gasteiger partial charge in [-0.2, -0.15) is 0 Å². The van der Waals surface area contributed by atoms with E-state index in [0.717, 1.165) is 24.5 Å². The van der Waals surface area contributed by atoms with Crippen LogP contribution in [0.4, 0.5) is 11.5 Å². The van der Waals surface area contributed by atoms with Gasteiger partial charge in [0.25, 0.3) is 0 Å². The molecule has 0 aliphatic rings. The van der Waals surface area contributed by atoms with Crippen LogP contribution in [0.2, 0.25) is 0 Å². The summed E-state index contributed by atoms with van der Waals surface area (Å²) in [5.41, 5.74) is 7.58. The van der Waals surface area contributed by atoms with Crippen molar-refractivity contribution in [2.75, 3.05) is 24.7 Å². The zero-order chi connectivity index (χ0) is 12.8. The van der Waals surface area contributed by atoms with Crippen molar-refractivity contribution in [3.8, 4) is 5.75 Å². The maximum absolute atomic E-state index is 5.69. The third kappa shape index (κ3) is 3.13. The van der Waals surface area contributed by atoms with Crippen molar-refractivity contribution in [3.63, 3.8) is 0 Å². The molecule has 94 valence electrons. The maximum Gasteiger partial charge on any atom is 0.127 e. The molecule has 0 aliphatic heterocycles. The first-order chi connectivity index (χ1) is 8.79. The highest BCUT2D eigenvalue weighted by Crippen LogP contribution is 2.17. The maximum atomic E-state index is 5.69. The number of anilines is 2. The number of nitrogen functional groups attached to an aromatic ring is 1. The van der Waals surface area contributed by atoms with Gasteiger partial charge in [-0.3, -0.25) is 0 Å². The second kappa shape index (κ2) is 5.91. The second-order valence-electron chi connectivity index (χ2n) is 3.96. The Balaban J connectivity index is 1.92. The SMILES string of the molecule is COc1ccccc1CCNc1cc(N)ccn1. The molecule has 0 spiro atoms. The summed E-state index contributed by atoms with van der Waals surface area (Å²) >= 11 is 0. The van der Waals surface area contributed by atoms with E-state index < -0.39 is 0 Å². The Morgan fingerprint density at radius 3 is 2.89 bits per heavy atom. The Kier molecular flexibility index (Phi) is 4.02. The first-order valence-corrected chi connectivity index (χ1v) is 5.87. The minimum Gasteiger partial charge on any atom is -0.496 e. The Morgan fingerprint density at radius 1 is 1.28 bits per heavy atom. The fourth-order valence-electron chi connectivity index (χ4n) is 1.78. The molecule has 1 heterocycles. The van der Waals surface area contributed by atoms with Crippen molar-refractivity contribution in [1.29, 1.82) is 0 Å². The first-order valence-electron chi connectivity index (χ1n) is 5.87. The lowest BCUT2D eigenvalue weighted by molar-refractivity contribution is 0.410. The average molecular weight is 243 g/mol. The highest BCUT2D eigenvalue weighted by molar-refractivity contribution is 5.48. The van der Waals surface area contributed by atoms with E-state index in [1.54, 1.807) is 19.4 Å². The lowest BCUT2D eigenvalue weighted by atomic mass is 10.1. The van der Waals surface area contributed by atoms with Gasteiger partial charge >= 0.3 is 0 Å². The van der Waals surface area contributed by atoms with Gasteiger partial charge in [0.2, 0.25) is 0 Å². The number of rotatable bonds is 5. The minimum absolute atomic E-state index is 0.713. The van der Waals surface area contributed by atoms with Crippen LogP contribution in [0.25, 0.3) is 0 Å². The summed E-state index contributed by atoms with van der Waals surface area (Å²) in [4.78, 5) is 4.19. The predicted octanol–water partition coefficient (Wildman–Crippen LogP) is 2.33. The normalized spacial score (nSPS) is 10.1. The topological polar surface area (TPSA) is 60.2 Å². The number of hydrogen-bond donors (Lipinski definition) is 2. The third-order valence-corrected chi connectivity index (χ3v) is 2.68. The zero-order valence-electron chi connectivity index (χ0n) is 10.4. The van der Waals surface area contributed by atoms with E-state index in [1.165, 1.54) is 5.56 Å². The van der Waals surface area contributed by atoms with Crippen LogP contribution in [0, 0.1) is 0 Å². The van der Waals surface area contributed by atoms with Gasteiger partial charge < -0.3 is 15.8 Å². The van der Waals surface area contributed by atoms with Gasteiger partial charge in [-0.05, 0) is 24.1 Å². The molecule has 0 fully saturated rings. The Labute approximate surface area is 107 Å². The molecule has 0 saturated carbocycles. The number of nitrogens with zero attached hydrogens (tertiary/aromatic N) is 1. The van der Waals surface area contributed by atoms with E-state index in [1.807, 2.05) is 24.3 Å². The zero-order valence-corrected chi connectivity index (χ0v) is 10.4. The molecule has 2 rings (SSSR count). The van der Waals surface area contributed by atoms with Crippen LogP contribution in [-0.4, -0.2) is 18.6 Å². The van der Waals surface area contributed by atoms with Gasteiger partial charge in [-0.1, -0.05) is 18.2 Å². The fraction of sp³-hybridized carbons (Fsp3) is 0.214. The van der Waals surface area contributed by atoms with E-state index in [2.05, 4.69) is 16.4 Å². The number of nitrogens with two attached hydrogens (primary N) is 1. The smallest absolute Gasteiger partial charge is 0.127 e. The minimum atomic E-state index is 0.713. The number of benzene rings is 1. The highest BCUT2D eigenvalue weighted by Gasteiger charge is 2.01. The molecule has 0 atom stereocenters. The Morgan fingerprint density at radius 2 is 2.11 bits per heavy atom. The number of methoxy groups -OCH3 is 1. The summed E-state index contributed by atoms with van der Waals surface area (Å²) in [6.07, 6.45) is 2.57. The molecule has 4 heteroatoms. The summed E-state index contributed by atoms with van der Waals surface area (Å²) in [5, 5.41) is 3.24. The molecular weight excluding hydrogens is 226 g/mol. The molecule has 3 N–H and O–H groups in total. The molecule has 0 unspecified atom stereocenters. The first kappa shape index (κ1) is 12.2. The fourth-order valence-corrected chi connectivity index (χ4v) is 1.78. The van der Waals surface area contributed by atoms with Gasteiger partial charge in [0.15, 0.2) is 0 Å². The van der Waals surface area contributed by atoms with Crippen molar-refractivity contribution < 1.29 is 4.74 Å². The molecule has 0 saturated heterocycles. The molecule has 0 aliphatic carbocycles. The van der Waals surface area contributed by atoms with Crippen LogP contribution in [0.15, 0.2) is 42.6 Å². The summed E-state index contributed by atoms with van der Waals surface area (Å²) in [6, 6.07) is 11.6. The average Bonchev–Trinajstić information content (AvgIpc) is 2.39. The van der Waals surface area contributed by atoms with Crippen molar-refractivity contribution >= 4 is 11.5 Å². The van der Waals surface area contributed by atoms with Gasteiger partial charge in [-0.25, -0.2) is 4.98 Å². The van der Waals surface area contributed by atoms with E-state index in [-0.39, 0.29) is 0 Å². The molecule has 1 aromatic carbocycles. The molecule has 18 heavy (non-hydrogen) atoms. The Hall–Kier alpha value is -2.23. The predicted molar refractivity (Wildman–Crippen MR) is 73.8 cm³/mol. The van der Waals surface area contributed by atoms with Crippen LogP contribution >= 0.6 is 0 Å². The summed E-state index contributed by atoms with van der Waals surface area (Å²) in [5.74, 6) is 1.71. The highest BCUT2D eigenvalue weighted by atomic mass is 16.5. The largest absolute Gasteiger partial charge is 0.496 e. The van der Waals surface area contributed by atoms with Gasteiger partial charge in [0.05, 0.1) is 7.11 Å². The monoisotopic (exact) mass is 243 g/mol.